The normalized spacial score (nSPS) is 29.3. The first-order valence-corrected chi connectivity index (χ1v) is 6.62. The highest BCUT2D eigenvalue weighted by Crippen LogP contribution is 2.46. The average Bonchev–Trinajstić information content (AvgIpc) is 2.89. The van der Waals surface area contributed by atoms with Gasteiger partial charge >= 0.3 is 0 Å². The number of hydrogen-bond donors (Lipinski definition) is 0. The summed E-state index contributed by atoms with van der Waals surface area (Å²) in [6.45, 7) is 1.96. The van der Waals surface area contributed by atoms with Crippen LogP contribution in [0, 0.1) is 5.41 Å². The van der Waals surface area contributed by atoms with Crippen LogP contribution in [-0.4, -0.2) is 11.6 Å². The van der Waals surface area contributed by atoms with Crippen molar-refractivity contribution in [3.8, 4) is 0 Å². The Kier molecular flexibility index (Phi) is 2.77. The fourth-order valence-corrected chi connectivity index (χ4v) is 2.99. The van der Waals surface area contributed by atoms with Crippen LogP contribution in [0.3, 0.4) is 0 Å². The molecule has 0 saturated heterocycles. The fourth-order valence-electron chi connectivity index (χ4n) is 2.99. The van der Waals surface area contributed by atoms with Gasteiger partial charge in [0.1, 0.15) is 5.76 Å². The summed E-state index contributed by atoms with van der Waals surface area (Å²) in [5.74, 6) is 1.01. The van der Waals surface area contributed by atoms with E-state index in [4.69, 9.17) is 4.42 Å². The van der Waals surface area contributed by atoms with Crippen LogP contribution in [0.2, 0.25) is 0 Å². The molecular weight excluding hydrogens is 240 g/mol. The Bertz CT molecular complexity index is 590. The van der Waals surface area contributed by atoms with Gasteiger partial charge in [0.25, 0.3) is 0 Å². The molecule has 0 aromatic carbocycles. The number of furan rings is 1. The molecule has 1 aromatic rings. The number of ketones is 2. The van der Waals surface area contributed by atoms with E-state index in [0.717, 1.165) is 17.6 Å². The van der Waals surface area contributed by atoms with E-state index in [1.807, 2.05) is 25.1 Å². The highest BCUT2D eigenvalue weighted by molar-refractivity contribution is 6.08. The van der Waals surface area contributed by atoms with E-state index in [2.05, 4.69) is 0 Å². The molecule has 2 aliphatic rings. The summed E-state index contributed by atoms with van der Waals surface area (Å²) in [4.78, 5) is 24.1. The van der Waals surface area contributed by atoms with E-state index in [-0.39, 0.29) is 11.6 Å². The van der Waals surface area contributed by atoms with Crippen LogP contribution in [0.4, 0.5) is 0 Å². The molecule has 1 aromatic heterocycles. The maximum absolute atomic E-state index is 12.7. The van der Waals surface area contributed by atoms with E-state index in [0.29, 0.717) is 25.0 Å². The number of allylic oxidation sites excluding steroid dienone is 3. The predicted octanol–water partition coefficient (Wildman–Crippen LogP) is 3.32. The maximum Gasteiger partial charge on any atom is 0.168 e. The van der Waals surface area contributed by atoms with Crippen LogP contribution in [0.25, 0.3) is 6.08 Å². The smallest absolute Gasteiger partial charge is 0.168 e. The molecular formula is C16H16O3. The fraction of sp³-hybridized carbons (Fsp3) is 0.375. The number of carbonyl (C=O) groups excluding carboxylic acids is 2. The number of rotatable bonds is 1. The zero-order valence-corrected chi connectivity index (χ0v) is 10.9. The topological polar surface area (TPSA) is 47.3 Å². The van der Waals surface area contributed by atoms with Crippen molar-refractivity contribution >= 4 is 17.6 Å². The number of fused-ring (bicyclic) bond motifs is 1. The van der Waals surface area contributed by atoms with Gasteiger partial charge in [-0.05, 0) is 50.5 Å². The second kappa shape index (κ2) is 4.34. The molecule has 1 saturated carbocycles. The third kappa shape index (κ3) is 1.99. The summed E-state index contributed by atoms with van der Waals surface area (Å²) in [5.41, 5.74) is 1.33. The van der Waals surface area contributed by atoms with Crippen molar-refractivity contribution < 1.29 is 14.0 Å². The van der Waals surface area contributed by atoms with E-state index < -0.39 is 5.41 Å². The summed E-state index contributed by atoms with van der Waals surface area (Å²) < 4.78 is 5.27. The van der Waals surface area contributed by atoms with Gasteiger partial charge in [0.05, 0.1) is 11.7 Å². The summed E-state index contributed by atoms with van der Waals surface area (Å²) in [5, 5.41) is 0. The molecule has 0 aliphatic heterocycles. The standard InChI is InChI=1S/C16H16O3/c1-16-7-6-13(17)10-12(16)5-4-11(15(16)18)9-14-3-2-8-19-14/h2-3,8-10H,4-7H2,1H3/b11-9-. The molecule has 0 amide bonds. The lowest BCUT2D eigenvalue weighted by Gasteiger charge is -2.38. The molecule has 0 bridgehead atoms. The largest absolute Gasteiger partial charge is 0.465 e. The lowest BCUT2D eigenvalue weighted by Crippen LogP contribution is -2.38. The van der Waals surface area contributed by atoms with Crippen molar-refractivity contribution in [2.24, 2.45) is 5.41 Å². The highest BCUT2D eigenvalue weighted by atomic mass is 16.3. The second-order valence-electron chi connectivity index (χ2n) is 5.48. The molecule has 1 heterocycles. The third-order valence-electron chi connectivity index (χ3n) is 4.23. The lowest BCUT2D eigenvalue weighted by molar-refractivity contribution is -0.125. The Morgan fingerprint density at radius 1 is 1.26 bits per heavy atom. The van der Waals surface area contributed by atoms with Crippen molar-refractivity contribution in [2.45, 2.75) is 32.6 Å². The molecule has 98 valence electrons. The van der Waals surface area contributed by atoms with Crippen LogP contribution >= 0.6 is 0 Å². The minimum Gasteiger partial charge on any atom is -0.465 e. The Labute approximate surface area is 112 Å². The quantitative estimate of drug-likeness (QED) is 0.724. The third-order valence-corrected chi connectivity index (χ3v) is 4.23. The van der Waals surface area contributed by atoms with Crippen molar-refractivity contribution in [2.75, 3.05) is 0 Å². The first kappa shape index (κ1) is 12.2. The number of carbonyl (C=O) groups is 2. The monoisotopic (exact) mass is 256 g/mol. The van der Waals surface area contributed by atoms with Crippen LogP contribution in [-0.2, 0) is 9.59 Å². The molecule has 3 heteroatoms. The van der Waals surface area contributed by atoms with Crippen molar-refractivity contribution in [3.05, 3.63) is 41.4 Å². The summed E-state index contributed by atoms with van der Waals surface area (Å²) in [6, 6.07) is 3.66. The molecule has 0 radical (unpaired) electrons. The van der Waals surface area contributed by atoms with Gasteiger partial charge in [0, 0.05) is 12.0 Å². The molecule has 2 aliphatic carbocycles. The summed E-state index contributed by atoms with van der Waals surface area (Å²) >= 11 is 0. The van der Waals surface area contributed by atoms with Gasteiger partial charge in [-0.25, -0.2) is 0 Å². The number of Topliss-reactive ketones (excluding diaryl/α,β-unsaturated/α-hetero) is 1. The Balaban J connectivity index is 1.96. The highest BCUT2D eigenvalue weighted by Gasteiger charge is 2.43. The molecule has 1 unspecified atom stereocenters. The zero-order chi connectivity index (χ0) is 13.5. The van der Waals surface area contributed by atoms with E-state index in [9.17, 15) is 9.59 Å². The Morgan fingerprint density at radius 3 is 2.84 bits per heavy atom. The molecule has 3 nitrogen and oxygen atoms in total. The maximum atomic E-state index is 12.7. The molecule has 0 N–H and O–H groups in total. The van der Waals surface area contributed by atoms with E-state index in [1.165, 1.54) is 0 Å². The van der Waals surface area contributed by atoms with Crippen LogP contribution < -0.4 is 0 Å². The Morgan fingerprint density at radius 2 is 2.11 bits per heavy atom. The van der Waals surface area contributed by atoms with E-state index in [1.54, 1.807) is 12.3 Å². The van der Waals surface area contributed by atoms with Gasteiger partial charge in [-0.15, -0.1) is 0 Å². The minimum absolute atomic E-state index is 0.147. The summed E-state index contributed by atoms with van der Waals surface area (Å²) in [7, 11) is 0. The first-order chi connectivity index (χ1) is 9.09. The minimum atomic E-state index is -0.482. The van der Waals surface area contributed by atoms with Gasteiger partial charge in [-0.3, -0.25) is 9.59 Å². The zero-order valence-electron chi connectivity index (χ0n) is 10.9. The van der Waals surface area contributed by atoms with Crippen LogP contribution in [0.1, 0.15) is 38.4 Å². The van der Waals surface area contributed by atoms with Gasteiger partial charge < -0.3 is 4.42 Å². The van der Waals surface area contributed by atoms with Crippen molar-refractivity contribution in [3.63, 3.8) is 0 Å². The predicted molar refractivity (Wildman–Crippen MR) is 71.4 cm³/mol. The van der Waals surface area contributed by atoms with Crippen molar-refractivity contribution in [1.29, 1.82) is 0 Å². The lowest BCUT2D eigenvalue weighted by atomic mass is 9.63. The molecule has 1 fully saturated rings. The second-order valence-corrected chi connectivity index (χ2v) is 5.48. The Hall–Kier alpha value is -1.90. The van der Waals surface area contributed by atoms with Gasteiger partial charge in [0.2, 0.25) is 0 Å². The SMILES string of the molecule is CC12CCC(=O)C=C1CC/C(=C/c1ccco1)C2=O. The molecule has 19 heavy (non-hydrogen) atoms. The van der Waals surface area contributed by atoms with Gasteiger partial charge in [-0.1, -0.05) is 5.57 Å². The average molecular weight is 256 g/mol. The molecule has 0 spiro atoms. The van der Waals surface area contributed by atoms with Crippen molar-refractivity contribution in [1.82, 2.24) is 0 Å². The van der Waals surface area contributed by atoms with Crippen LogP contribution in [0.5, 0.6) is 0 Å². The molecule has 1 atom stereocenters. The number of hydrogen-bond acceptors (Lipinski definition) is 3. The first-order valence-electron chi connectivity index (χ1n) is 6.62. The van der Waals surface area contributed by atoms with Crippen LogP contribution in [0.15, 0.2) is 40.0 Å². The molecule has 3 rings (SSSR count). The summed E-state index contributed by atoms with van der Waals surface area (Å²) in [6.07, 6.45) is 7.71. The van der Waals surface area contributed by atoms with Gasteiger partial charge in [0.15, 0.2) is 11.6 Å². The van der Waals surface area contributed by atoms with E-state index >= 15 is 0 Å². The van der Waals surface area contributed by atoms with Gasteiger partial charge in [-0.2, -0.15) is 0 Å².